The summed E-state index contributed by atoms with van der Waals surface area (Å²) in [5.41, 5.74) is 6.08. The molecule has 0 aliphatic rings. The van der Waals surface area contributed by atoms with Gasteiger partial charge in [-0.15, -0.1) is 0 Å². The highest BCUT2D eigenvalue weighted by Gasteiger charge is 2.13. The van der Waals surface area contributed by atoms with Crippen LogP contribution in [-0.2, 0) is 6.54 Å². The molecule has 0 radical (unpaired) electrons. The van der Waals surface area contributed by atoms with Crippen molar-refractivity contribution in [1.29, 1.82) is 0 Å². The first-order chi connectivity index (χ1) is 6.06. The van der Waals surface area contributed by atoms with Gasteiger partial charge < -0.3 is 5.73 Å². The molecule has 6 heteroatoms. The number of nitrogens with zero attached hydrogens (tertiary/aromatic N) is 1. The van der Waals surface area contributed by atoms with E-state index in [-0.39, 0.29) is 5.69 Å². The zero-order valence-electron chi connectivity index (χ0n) is 6.40. The molecule has 1 aromatic rings. The van der Waals surface area contributed by atoms with Crippen LogP contribution in [0.25, 0.3) is 0 Å². The van der Waals surface area contributed by atoms with Crippen molar-refractivity contribution in [3.63, 3.8) is 0 Å². The zero-order chi connectivity index (χ0) is 10.0. The predicted octanol–water partition coefficient (Wildman–Crippen LogP) is 2.69. The molecule has 0 amide bonds. The van der Waals surface area contributed by atoms with Gasteiger partial charge >= 0.3 is 0 Å². The van der Waals surface area contributed by atoms with E-state index in [9.17, 15) is 8.78 Å². The number of hydrogen-bond acceptors (Lipinski definition) is 2. The number of hydrogen-bond donors (Lipinski definition) is 1. The lowest BCUT2D eigenvalue weighted by molar-refractivity contribution is 0.145. The van der Waals surface area contributed by atoms with Crippen molar-refractivity contribution in [3.8, 4) is 0 Å². The number of nitrogens with two attached hydrogens (primary N) is 1. The molecule has 0 bridgehead atoms. The first-order valence-electron chi connectivity index (χ1n) is 3.39. The van der Waals surface area contributed by atoms with Crippen molar-refractivity contribution in [2.75, 3.05) is 0 Å². The number of aromatic nitrogens is 1. The minimum Gasteiger partial charge on any atom is -0.326 e. The third-order valence-corrected chi connectivity index (χ3v) is 3.32. The monoisotopic (exact) mass is 410 g/mol. The molecular formula is C7H6F2I2N2. The van der Waals surface area contributed by atoms with Crippen molar-refractivity contribution in [3.05, 3.63) is 24.6 Å². The Kier molecular flexibility index (Phi) is 4.23. The maximum Gasteiger partial charge on any atom is 0.280 e. The first kappa shape index (κ1) is 11.5. The maximum absolute atomic E-state index is 12.3. The predicted molar refractivity (Wildman–Crippen MR) is 62.5 cm³/mol. The van der Waals surface area contributed by atoms with Gasteiger partial charge in [0.25, 0.3) is 6.43 Å². The van der Waals surface area contributed by atoms with Crippen LogP contribution in [0.1, 0.15) is 17.7 Å². The van der Waals surface area contributed by atoms with E-state index in [0.29, 0.717) is 10.2 Å². The van der Waals surface area contributed by atoms with Gasteiger partial charge in [0.1, 0.15) is 9.39 Å². The number of halogens is 4. The van der Waals surface area contributed by atoms with E-state index in [2.05, 4.69) is 4.98 Å². The average molecular weight is 410 g/mol. The normalized spacial score (nSPS) is 10.9. The summed E-state index contributed by atoms with van der Waals surface area (Å²) in [5, 5.41) is 0. The van der Waals surface area contributed by atoms with E-state index in [4.69, 9.17) is 5.73 Å². The second-order valence-corrected chi connectivity index (χ2v) is 4.49. The Morgan fingerprint density at radius 1 is 1.46 bits per heavy atom. The molecule has 13 heavy (non-hydrogen) atoms. The third kappa shape index (κ3) is 2.69. The van der Waals surface area contributed by atoms with Gasteiger partial charge in [-0.1, -0.05) is 0 Å². The summed E-state index contributed by atoms with van der Waals surface area (Å²) in [6.07, 6.45) is -2.52. The van der Waals surface area contributed by atoms with Crippen LogP contribution in [0.4, 0.5) is 8.78 Å². The molecule has 0 aliphatic carbocycles. The quantitative estimate of drug-likeness (QED) is 0.602. The lowest BCUT2D eigenvalue weighted by Gasteiger charge is -2.06. The summed E-state index contributed by atoms with van der Waals surface area (Å²) < 4.78 is 25.8. The lowest BCUT2D eigenvalue weighted by atomic mass is 10.2. The van der Waals surface area contributed by atoms with Crippen molar-refractivity contribution in [1.82, 2.24) is 4.98 Å². The SMILES string of the molecule is NCc1c(I)cc(C(F)F)nc1I. The minimum absolute atomic E-state index is 0.189. The van der Waals surface area contributed by atoms with Crippen LogP contribution in [0, 0.1) is 7.27 Å². The molecule has 1 aromatic heterocycles. The van der Waals surface area contributed by atoms with Gasteiger partial charge in [-0.25, -0.2) is 13.8 Å². The fraction of sp³-hybridized carbons (Fsp3) is 0.286. The van der Waals surface area contributed by atoms with Crippen molar-refractivity contribution < 1.29 is 8.78 Å². The van der Waals surface area contributed by atoms with Gasteiger partial charge in [0.05, 0.1) is 0 Å². The molecule has 0 aromatic carbocycles. The third-order valence-electron chi connectivity index (χ3n) is 1.47. The van der Waals surface area contributed by atoms with Gasteiger partial charge in [-0.2, -0.15) is 0 Å². The van der Waals surface area contributed by atoms with Gasteiger partial charge in [0.15, 0.2) is 0 Å². The Bertz CT molecular complexity index is 294. The van der Waals surface area contributed by atoms with Crippen molar-refractivity contribution in [2.24, 2.45) is 5.73 Å². The van der Waals surface area contributed by atoms with Crippen molar-refractivity contribution in [2.45, 2.75) is 13.0 Å². The van der Waals surface area contributed by atoms with E-state index in [1.54, 1.807) is 0 Å². The first-order valence-corrected chi connectivity index (χ1v) is 5.55. The molecule has 0 aliphatic heterocycles. The Balaban J connectivity index is 3.20. The average Bonchev–Trinajstić information content (AvgIpc) is 2.03. The molecule has 2 N–H and O–H groups in total. The Morgan fingerprint density at radius 2 is 2.08 bits per heavy atom. The molecule has 0 atom stereocenters. The summed E-state index contributed by atoms with van der Waals surface area (Å²) >= 11 is 3.90. The summed E-state index contributed by atoms with van der Waals surface area (Å²) in [5.74, 6) is 0. The topological polar surface area (TPSA) is 38.9 Å². The largest absolute Gasteiger partial charge is 0.326 e. The molecule has 0 saturated carbocycles. The molecule has 2 nitrogen and oxygen atoms in total. The van der Waals surface area contributed by atoms with E-state index >= 15 is 0 Å². The van der Waals surface area contributed by atoms with E-state index in [1.807, 2.05) is 45.2 Å². The van der Waals surface area contributed by atoms with Gasteiger partial charge in [-0.05, 0) is 51.2 Å². The number of alkyl halides is 2. The second-order valence-electron chi connectivity index (χ2n) is 2.30. The number of pyridine rings is 1. The molecule has 0 spiro atoms. The number of rotatable bonds is 2. The van der Waals surface area contributed by atoms with Gasteiger partial charge in [-0.3, -0.25) is 0 Å². The van der Waals surface area contributed by atoms with Crippen LogP contribution in [0.15, 0.2) is 6.07 Å². The standard InChI is InChI=1S/C7H6F2I2N2/c8-6(9)5-1-4(10)3(2-12)7(11)13-5/h1,6H,2,12H2. The van der Waals surface area contributed by atoms with Crippen LogP contribution in [-0.4, -0.2) is 4.98 Å². The minimum atomic E-state index is -2.52. The molecular weight excluding hydrogens is 404 g/mol. The van der Waals surface area contributed by atoms with E-state index in [0.717, 1.165) is 9.13 Å². The summed E-state index contributed by atoms with van der Waals surface area (Å²) in [6, 6.07) is 1.37. The zero-order valence-corrected chi connectivity index (χ0v) is 10.7. The molecule has 1 rings (SSSR count). The van der Waals surface area contributed by atoms with E-state index in [1.165, 1.54) is 6.07 Å². The highest BCUT2D eigenvalue weighted by Crippen LogP contribution is 2.23. The van der Waals surface area contributed by atoms with E-state index < -0.39 is 6.43 Å². The maximum atomic E-state index is 12.3. The molecule has 0 fully saturated rings. The molecule has 1 heterocycles. The van der Waals surface area contributed by atoms with Gasteiger partial charge in [0.2, 0.25) is 0 Å². The summed E-state index contributed by atoms with van der Waals surface area (Å²) in [4.78, 5) is 3.76. The van der Waals surface area contributed by atoms with Crippen LogP contribution in [0.5, 0.6) is 0 Å². The van der Waals surface area contributed by atoms with Crippen LogP contribution < -0.4 is 5.73 Å². The fourth-order valence-electron chi connectivity index (χ4n) is 0.822. The summed E-state index contributed by atoms with van der Waals surface area (Å²) in [7, 11) is 0. The van der Waals surface area contributed by atoms with Crippen molar-refractivity contribution >= 4 is 45.2 Å². The van der Waals surface area contributed by atoms with Gasteiger partial charge in [0, 0.05) is 15.7 Å². The lowest BCUT2D eigenvalue weighted by Crippen LogP contribution is -2.06. The van der Waals surface area contributed by atoms with Crippen LogP contribution >= 0.6 is 45.2 Å². The highest BCUT2D eigenvalue weighted by molar-refractivity contribution is 14.1. The Morgan fingerprint density at radius 3 is 2.46 bits per heavy atom. The fourth-order valence-corrected chi connectivity index (χ4v) is 2.92. The Hall–Kier alpha value is 0.430. The second kappa shape index (κ2) is 4.78. The Labute approximate surface area is 102 Å². The summed E-state index contributed by atoms with van der Waals surface area (Å²) in [6.45, 7) is 0.326. The molecule has 72 valence electrons. The van der Waals surface area contributed by atoms with Crippen LogP contribution in [0.3, 0.4) is 0 Å². The smallest absolute Gasteiger partial charge is 0.280 e. The molecule has 0 saturated heterocycles. The highest BCUT2D eigenvalue weighted by atomic mass is 127. The molecule has 0 unspecified atom stereocenters. The van der Waals surface area contributed by atoms with Crippen LogP contribution in [0.2, 0.25) is 0 Å².